The zero-order valence-electron chi connectivity index (χ0n) is 13.9. The van der Waals surface area contributed by atoms with Crippen molar-refractivity contribution in [3.63, 3.8) is 0 Å². The Balaban J connectivity index is 1.88. The summed E-state index contributed by atoms with van der Waals surface area (Å²) < 4.78 is 6.65. The molecule has 0 radical (unpaired) electrons. The van der Waals surface area contributed by atoms with E-state index in [2.05, 4.69) is 10.4 Å². The molecule has 2 aromatic rings. The van der Waals surface area contributed by atoms with E-state index in [1.807, 2.05) is 45.0 Å². The van der Waals surface area contributed by atoms with Gasteiger partial charge in [-0.3, -0.25) is 14.8 Å². The Bertz CT molecular complexity index is 716. The monoisotopic (exact) mass is 332 g/mol. The molecule has 0 fully saturated rings. The Kier molecular flexibility index (Phi) is 5.18. The molecule has 0 spiro atoms. The highest BCUT2D eigenvalue weighted by Crippen LogP contribution is 2.11. The van der Waals surface area contributed by atoms with Crippen molar-refractivity contribution in [3.05, 3.63) is 57.9 Å². The largest absolute Gasteiger partial charge is 0.445 e. The maximum absolute atomic E-state index is 11.6. The summed E-state index contributed by atoms with van der Waals surface area (Å²) in [4.78, 5) is 21.7. The van der Waals surface area contributed by atoms with Crippen LogP contribution in [0.4, 0.5) is 10.5 Å². The molecule has 128 valence electrons. The number of rotatable bonds is 5. The van der Waals surface area contributed by atoms with Crippen molar-refractivity contribution in [1.82, 2.24) is 15.1 Å². The van der Waals surface area contributed by atoms with Crippen LogP contribution in [0.5, 0.6) is 0 Å². The van der Waals surface area contributed by atoms with Gasteiger partial charge < -0.3 is 10.1 Å². The lowest BCUT2D eigenvalue weighted by Gasteiger charge is -2.19. The summed E-state index contributed by atoms with van der Waals surface area (Å²) in [7, 11) is 0. The number of carbonyl (C=O) groups is 1. The normalized spacial score (nSPS) is 11.1. The molecule has 0 bridgehead atoms. The van der Waals surface area contributed by atoms with E-state index >= 15 is 0 Å². The number of hydrogen-bond acceptors (Lipinski definition) is 5. The molecule has 24 heavy (non-hydrogen) atoms. The van der Waals surface area contributed by atoms with Crippen molar-refractivity contribution in [2.24, 2.45) is 0 Å². The van der Waals surface area contributed by atoms with E-state index in [0.717, 1.165) is 11.1 Å². The Morgan fingerprint density at radius 1 is 1.29 bits per heavy atom. The Morgan fingerprint density at radius 3 is 2.46 bits per heavy atom. The molecule has 0 aliphatic rings. The first-order valence-electron chi connectivity index (χ1n) is 7.42. The summed E-state index contributed by atoms with van der Waals surface area (Å²) in [6.07, 6.45) is 2.14. The average Bonchev–Trinajstić information content (AvgIpc) is 2.93. The zero-order chi connectivity index (χ0) is 17.7. The number of alkyl carbamates (subject to hydrolysis) is 1. The van der Waals surface area contributed by atoms with Crippen molar-refractivity contribution in [2.75, 3.05) is 0 Å². The number of ether oxygens (including phenoxy) is 1. The van der Waals surface area contributed by atoms with Crippen LogP contribution in [0.3, 0.4) is 0 Å². The third kappa shape index (κ3) is 5.38. The van der Waals surface area contributed by atoms with Gasteiger partial charge in [-0.2, -0.15) is 5.10 Å². The van der Waals surface area contributed by atoms with Crippen LogP contribution in [-0.2, 0) is 17.9 Å². The van der Waals surface area contributed by atoms with Gasteiger partial charge >= 0.3 is 11.8 Å². The molecule has 1 N–H and O–H groups in total. The summed E-state index contributed by atoms with van der Waals surface area (Å²) >= 11 is 0. The van der Waals surface area contributed by atoms with Crippen LogP contribution in [-0.4, -0.2) is 26.3 Å². The molecule has 0 saturated heterocycles. The minimum absolute atomic E-state index is 0.0371. The van der Waals surface area contributed by atoms with Crippen LogP contribution < -0.4 is 5.32 Å². The molecule has 0 aliphatic heterocycles. The maximum atomic E-state index is 11.6. The van der Waals surface area contributed by atoms with Gasteiger partial charge in [-0.25, -0.2) is 4.79 Å². The molecule has 1 aromatic heterocycles. The first-order valence-corrected chi connectivity index (χ1v) is 7.42. The van der Waals surface area contributed by atoms with Gasteiger partial charge in [0.25, 0.3) is 0 Å². The lowest BCUT2D eigenvalue weighted by Crippen LogP contribution is -2.40. The fraction of sp³-hybridized carbons (Fsp3) is 0.375. The highest BCUT2D eigenvalue weighted by atomic mass is 16.6. The molecule has 0 unspecified atom stereocenters. The van der Waals surface area contributed by atoms with Gasteiger partial charge in [0.1, 0.15) is 19.0 Å². The molecule has 8 nitrogen and oxygen atoms in total. The minimum Gasteiger partial charge on any atom is -0.445 e. The van der Waals surface area contributed by atoms with E-state index in [1.54, 1.807) is 0 Å². The van der Waals surface area contributed by atoms with Gasteiger partial charge in [-0.1, -0.05) is 24.3 Å². The van der Waals surface area contributed by atoms with Crippen molar-refractivity contribution in [1.29, 1.82) is 0 Å². The fourth-order valence-corrected chi connectivity index (χ4v) is 1.95. The molecular formula is C16H20N4O4. The quantitative estimate of drug-likeness (QED) is 0.670. The number of nitrogens with one attached hydrogen (secondary N) is 1. The molecule has 0 saturated carbocycles. The Morgan fingerprint density at radius 2 is 1.92 bits per heavy atom. The Hall–Kier alpha value is -2.90. The van der Waals surface area contributed by atoms with Gasteiger partial charge in [-0.15, -0.1) is 0 Å². The zero-order valence-corrected chi connectivity index (χ0v) is 13.9. The van der Waals surface area contributed by atoms with Crippen LogP contribution in [0.15, 0.2) is 36.7 Å². The first-order chi connectivity index (χ1) is 11.2. The van der Waals surface area contributed by atoms with E-state index in [1.165, 1.54) is 17.1 Å². The predicted molar refractivity (Wildman–Crippen MR) is 87.5 cm³/mol. The summed E-state index contributed by atoms with van der Waals surface area (Å²) in [5, 5.41) is 17.3. The van der Waals surface area contributed by atoms with Crippen LogP contribution in [0, 0.1) is 10.1 Å². The number of nitrogens with zero attached hydrogens (tertiary/aromatic N) is 3. The highest BCUT2D eigenvalue weighted by molar-refractivity contribution is 5.68. The summed E-state index contributed by atoms with van der Waals surface area (Å²) in [6, 6.07) is 7.43. The van der Waals surface area contributed by atoms with Crippen molar-refractivity contribution in [3.8, 4) is 0 Å². The summed E-state index contributed by atoms with van der Waals surface area (Å²) in [5.41, 5.74) is 1.42. The molecular weight excluding hydrogens is 312 g/mol. The van der Waals surface area contributed by atoms with Crippen LogP contribution in [0.2, 0.25) is 0 Å². The van der Waals surface area contributed by atoms with Gasteiger partial charge in [-0.05, 0) is 31.9 Å². The molecule has 0 atom stereocenters. The molecule has 1 aromatic carbocycles. The second-order valence-corrected chi connectivity index (χ2v) is 6.42. The lowest BCUT2D eigenvalue weighted by molar-refractivity contribution is -0.385. The third-order valence-corrected chi connectivity index (χ3v) is 3.04. The number of hydrogen-bond donors (Lipinski definition) is 1. The number of amides is 1. The second kappa shape index (κ2) is 7.12. The molecule has 1 heterocycles. The summed E-state index contributed by atoms with van der Waals surface area (Å²) in [5.74, 6) is 0. The van der Waals surface area contributed by atoms with Crippen molar-refractivity contribution in [2.45, 2.75) is 39.5 Å². The van der Waals surface area contributed by atoms with Crippen molar-refractivity contribution < 1.29 is 14.5 Å². The van der Waals surface area contributed by atoms with E-state index in [-0.39, 0.29) is 17.8 Å². The maximum Gasteiger partial charge on any atom is 0.407 e. The summed E-state index contributed by atoms with van der Waals surface area (Å²) in [6.45, 7) is 6.24. The van der Waals surface area contributed by atoms with Crippen molar-refractivity contribution >= 4 is 11.8 Å². The lowest BCUT2D eigenvalue weighted by atomic mass is 10.1. The third-order valence-electron chi connectivity index (χ3n) is 3.04. The van der Waals surface area contributed by atoms with Crippen LogP contribution >= 0.6 is 0 Å². The van der Waals surface area contributed by atoms with Gasteiger partial charge in [0.05, 0.1) is 11.5 Å². The number of benzene rings is 1. The topological polar surface area (TPSA) is 99.3 Å². The van der Waals surface area contributed by atoms with E-state index in [0.29, 0.717) is 6.54 Å². The highest BCUT2D eigenvalue weighted by Gasteiger charge is 2.14. The van der Waals surface area contributed by atoms with Gasteiger partial charge in [0.15, 0.2) is 0 Å². The second-order valence-electron chi connectivity index (χ2n) is 6.42. The van der Waals surface area contributed by atoms with Crippen LogP contribution in [0.25, 0.3) is 0 Å². The Labute approximate surface area is 139 Å². The predicted octanol–water partition coefficient (Wildman–Crippen LogP) is 2.86. The van der Waals surface area contributed by atoms with E-state index in [4.69, 9.17) is 4.74 Å². The van der Waals surface area contributed by atoms with Crippen LogP contribution in [0.1, 0.15) is 31.9 Å². The number of aromatic nitrogens is 2. The average molecular weight is 332 g/mol. The van der Waals surface area contributed by atoms with E-state index in [9.17, 15) is 14.9 Å². The van der Waals surface area contributed by atoms with Gasteiger partial charge in [0, 0.05) is 5.54 Å². The molecule has 0 aliphatic carbocycles. The standard InChI is InChI=1S/C16H20N4O4/c1-16(2,3)18-15(21)24-11-13-6-4-12(5-7-13)9-19-10-14(8-17-19)20(22)23/h4-8,10H,9,11H2,1-3H3,(H,18,21). The first kappa shape index (κ1) is 17.5. The molecule has 1 amide bonds. The number of nitro groups is 1. The van der Waals surface area contributed by atoms with Gasteiger partial charge in [0.2, 0.25) is 0 Å². The van der Waals surface area contributed by atoms with E-state index < -0.39 is 11.0 Å². The minimum atomic E-state index is -0.480. The fourth-order valence-electron chi connectivity index (χ4n) is 1.95. The molecule has 2 rings (SSSR count). The smallest absolute Gasteiger partial charge is 0.407 e. The number of carbonyl (C=O) groups excluding carboxylic acids is 1. The SMILES string of the molecule is CC(C)(C)NC(=O)OCc1ccc(Cn2cc([N+](=O)[O-])cn2)cc1. The molecule has 8 heteroatoms.